The largest absolute Gasteiger partial charge is 0.478 e. The third kappa shape index (κ3) is 3.56. The van der Waals surface area contributed by atoms with Crippen LogP contribution in [0, 0.1) is 7.43 Å². The fraction of sp³-hybridized carbons (Fsp3) is 0. The predicted octanol–water partition coefficient (Wildman–Crippen LogP) is 1.87. The van der Waals surface area contributed by atoms with E-state index in [1.165, 1.54) is 0 Å². The van der Waals surface area contributed by atoms with Crippen LogP contribution in [-0.4, -0.2) is 11.1 Å². The van der Waals surface area contributed by atoms with Gasteiger partial charge in [-0.25, -0.2) is 4.79 Å². The highest BCUT2D eigenvalue weighted by Gasteiger charge is 1.85. The number of aliphatic carboxylic acids is 1. The molecular weight excluding hydrogens is 152 g/mol. The minimum absolute atomic E-state index is 0. The number of hydrogen-bond donors (Lipinski definition) is 1. The maximum atomic E-state index is 10.1. The average molecular weight is 160 g/mol. The van der Waals surface area contributed by atoms with Crippen LogP contribution in [0.2, 0.25) is 0 Å². The Morgan fingerprint density at radius 1 is 1.25 bits per heavy atom. The molecule has 0 aliphatic heterocycles. The Hall–Kier alpha value is -1.57. The van der Waals surface area contributed by atoms with Crippen LogP contribution in [0.5, 0.6) is 0 Å². The molecular formula is C10H8O2. The van der Waals surface area contributed by atoms with Gasteiger partial charge in [-0.1, -0.05) is 30.3 Å². The summed E-state index contributed by atoms with van der Waals surface area (Å²) in [4.78, 5) is 10.1. The number of carbonyl (C=O) groups is 1. The smallest absolute Gasteiger partial charge is 0.328 e. The fourth-order valence-electron chi connectivity index (χ4n) is 0.732. The van der Waals surface area contributed by atoms with Gasteiger partial charge >= 0.3 is 5.97 Å². The Morgan fingerprint density at radius 3 is 2.33 bits per heavy atom. The topological polar surface area (TPSA) is 37.3 Å². The van der Waals surface area contributed by atoms with E-state index in [4.69, 9.17) is 5.11 Å². The molecule has 0 bridgehead atoms. The Morgan fingerprint density at radius 2 is 1.83 bits per heavy atom. The molecule has 0 saturated heterocycles. The van der Waals surface area contributed by atoms with E-state index in [0.29, 0.717) is 0 Å². The number of benzene rings is 1. The number of carboxylic acids is 1. The second kappa shape index (κ2) is 5.13. The summed E-state index contributed by atoms with van der Waals surface area (Å²) in [5.41, 5.74) is 0.898. The van der Waals surface area contributed by atoms with Gasteiger partial charge in [-0.3, -0.25) is 0 Å². The summed E-state index contributed by atoms with van der Waals surface area (Å²) in [6, 6.07) is 9.31. The highest BCUT2D eigenvalue weighted by molar-refractivity contribution is 5.85. The normalized spacial score (nSPS) is 9.33. The summed E-state index contributed by atoms with van der Waals surface area (Å²) in [5.74, 6) is -0.922. The van der Waals surface area contributed by atoms with Crippen molar-refractivity contribution in [1.29, 1.82) is 0 Å². The van der Waals surface area contributed by atoms with Crippen molar-refractivity contribution in [3.63, 3.8) is 0 Å². The van der Waals surface area contributed by atoms with Crippen molar-refractivity contribution in [3.05, 3.63) is 49.4 Å². The van der Waals surface area contributed by atoms with Crippen LogP contribution in [0.4, 0.5) is 0 Å². The van der Waals surface area contributed by atoms with Gasteiger partial charge in [0.05, 0.1) is 0 Å². The molecule has 0 saturated carbocycles. The van der Waals surface area contributed by atoms with Crippen molar-refractivity contribution in [1.82, 2.24) is 0 Å². The standard InChI is InChI=1S/C9H8O2.C/c10-9(11)7-6-8-4-2-1-3-5-8;/h1-7H,(H,10,11);. The zero-order valence-electron chi connectivity index (χ0n) is 6.40. The zero-order chi connectivity index (χ0) is 8.10. The summed E-state index contributed by atoms with van der Waals surface area (Å²) in [5, 5.41) is 8.29. The lowest BCUT2D eigenvalue weighted by molar-refractivity contribution is -0.131. The molecule has 0 spiro atoms. The van der Waals surface area contributed by atoms with Crippen LogP contribution in [0.1, 0.15) is 5.56 Å². The minimum Gasteiger partial charge on any atom is -0.478 e. The van der Waals surface area contributed by atoms with Crippen LogP contribution in [0.15, 0.2) is 36.4 Å². The fourth-order valence-corrected chi connectivity index (χ4v) is 0.732. The Bertz CT molecular complexity index is 262. The monoisotopic (exact) mass is 160 g/mol. The highest BCUT2D eigenvalue weighted by Crippen LogP contribution is 1.99. The lowest BCUT2D eigenvalue weighted by Crippen LogP contribution is -1.85. The first-order chi connectivity index (χ1) is 5.29. The van der Waals surface area contributed by atoms with Crippen molar-refractivity contribution in [3.8, 4) is 0 Å². The first kappa shape index (κ1) is 10.4. The lowest BCUT2D eigenvalue weighted by atomic mass is 10.2. The molecule has 0 heterocycles. The molecule has 0 amide bonds. The lowest BCUT2D eigenvalue weighted by Gasteiger charge is -1.87. The number of carboxylic acid groups (broad SMARTS) is 1. The number of hydrogen-bond acceptors (Lipinski definition) is 1. The van der Waals surface area contributed by atoms with Gasteiger partial charge < -0.3 is 5.11 Å². The molecule has 1 aromatic rings. The van der Waals surface area contributed by atoms with Gasteiger partial charge in [0.15, 0.2) is 0 Å². The van der Waals surface area contributed by atoms with E-state index in [2.05, 4.69) is 0 Å². The van der Waals surface area contributed by atoms with E-state index < -0.39 is 5.97 Å². The van der Waals surface area contributed by atoms with Crippen LogP contribution in [-0.2, 0) is 4.79 Å². The Balaban J connectivity index is 0.00000121. The van der Waals surface area contributed by atoms with Crippen molar-refractivity contribution in [2.24, 2.45) is 0 Å². The van der Waals surface area contributed by atoms with Crippen molar-refractivity contribution in [2.75, 3.05) is 0 Å². The van der Waals surface area contributed by atoms with Gasteiger partial charge in [0.25, 0.3) is 0 Å². The van der Waals surface area contributed by atoms with Gasteiger partial charge in [0.1, 0.15) is 0 Å². The van der Waals surface area contributed by atoms with Crippen LogP contribution in [0.3, 0.4) is 0 Å². The van der Waals surface area contributed by atoms with Crippen molar-refractivity contribution < 1.29 is 9.90 Å². The first-order valence-corrected chi connectivity index (χ1v) is 3.25. The van der Waals surface area contributed by atoms with Crippen LogP contribution < -0.4 is 0 Å². The maximum Gasteiger partial charge on any atom is 0.328 e. The van der Waals surface area contributed by atoms with Gasteiger partial charge in [-0.05, 0) is 11.6 Å². The molecule has 4 radical (unpaired) electrons. The summed E-state index contributed by atoms with van der Waals surface area (Å²) < 4.78 is 0. The molecule has 1 N–H and O–H groups in total. The van der Waals surface area contributed by atoms with Gasteiger partial charge in [-0.15, -0.1) is 0 Å². The van der Waals surface area contributed by atoms with Crippen LogP contribution >= 0.6 is 0 Å². The van der Waals surface area contributed by atoms with Gasteiger partial charge in [0, 0.05) is 13.5 Å². The molecule has 12 heavy (non-hydrogen) atoms. The quantitative estimate of drug-likeness (QED) is 0.670. The number of rotatable bonds is 2. The molecule has 2 nitrogen and oxygen atoms in total. The molecule has 0 unspecified atom stereocenters. The Kier molecular flexibility index (Phi) is 4.46. The maximum absolute atomic E-state index is 10.1. The molecule has 0 fully saturated rings. The van der Waals surface area contributed by atoms with E-state index in [-0.39, 0.29) is 7.43 Å². The minimum atomic E-state index is -0.922. The second-order valence-electron chi connectivity index (χ2n) is 2.08. The molecule has 1 aromatic carbocycles. The third-order valence-electron chi connectivity index (χ3n) is 1.22. The van der Waals surface area contributed by atoms with E-state index >= 15 is 0 Å². The third-order valence-corrected chi connectivity index (χ3v) is 1.22. The van der Waals surface area contributed by atoms with Crippen molar-refractivity contribution in [2.45, 2.75) is 0 Å². The summed E-state index contributed by atoms with van der Waals surface area (Å²) in [6.07, 6.45) is 2.68. The van der Waals surface area contributed by atoms with E-state index in [1.807, 2.05) is 30.3 Å². The molecule has 0 aliphatic rings. The van der Waals surface area contributed by atoms with Crippen molar-refractivity contribution >= 4 is 12.0 Å². The SMILES string of the molecule is O=C(O)C=Cc1ccccc1.[C]. The van der Waals surface area contributed by atoms with Gasteiger partial charge in [0.2, 0.25) is 0 Å². The molecule has 1 rings (SSSR count). The molecule has 0 aromatic heterocycles. The molecule has 60 valence electrons. The zero-order valence-corrected chi connectivity index (χ0v) is 6.40. The molecule has 0 atom stereocenters. The highest BCUT2D eigenvalue weighted by atomic mass is 16.4. The second-order valence-corrected chi connectivity index (χ2v) is 2.08. The Labute approximate surface area is 72.2 Å². The molecule has 2 heteroatoms. The van der Waals surface area contributed by atoms with Gasteiger partial charge in [-0.2, -0.15) is 0 Å². The summed E-state index contributed by atoms with van der Waals surface area (Å²) in [7, 11) is 0. The molecule has 0 aliphatic carbocycles. The summed E-state index contributed by atoms with van der Waals surface area (Å²) in [6.45, 7) is 0. The van der Waals surface area contributed by atoms with E-state index in [0.717, 1.165) is 11.6 Å². The van der Waals surface area contributed by atoms with E-state index in [9.17, 15) is 4.79 Å². The summed E-state index contributed by atoms with van der Waals surface area (Å²) >= 11 is 0. The van der Waals surface area contributed by atoms with Crippen LogP contribution in [0.25, 0.3) is 6.08 Å². The first-order valence-electron chi connectivity index (χ1n) is 3.25. The average Bonchev–Trinajstić information content (AvgIpc) is 2.03. The predicted molar refractivity (Wildman–Crippen MR) is 46.4 cm³/mol. The van der Waals surface area contributed by atoms with E-state index in [1.54, 1.807) is 6.08 Å².